The molecule has 6 rings (SSSR count). The first-order valence-electron chi connectivity index (χ1n) is 12.8. The number of furan rings is 1. The number of hydrogen-bond acceptors (Lipinski definition) is 3. The molecule has 4 aromatic carbocycles. The lowest BCUT2D eigenvalue weighted by Gasteiger charge is -2.15. The Morgan fingerprint density at radius 3 is 1.95 bits per heavy atom. The molecule has 0 radical (unpaired) electrons. The van der Waals surface area contributed by atoms with E-state index in [1.54, 1.807) is 36.4 Å². The molecule has 0 bridgehead atoms. The number of nitrogens with one attached hydrogen (secondary N) is 1. The summed E-state index contributed by atoms with van der Waals surface area (Å²) in [6.45, 7) is 0. The normalized spacial score (nSPS) is 11.1. The van der Waals surface area contributed by atoms with Crippen molar-refractivity contribution in [1.29, 1.82) is 0 Å². The summed E-state index contributed by atoms with van der Waals surface area (Å²) < 4.78 is 21.4. The minimum absolute atomic E-state index is 0.341. The second-order valence-corrected chi connectivity index (χ2v) is 9.13. The molecule has 40 heavy (non-hydrogen) atoms. The number of benzene rings is 4. The molecule has 5 nitrogen and oxygen atoms in total. The molecular weight excluding hydrogens is 501 g/mol. The molecule has 6 aromatic rings. The first kappa shape index (κ1) is 24.8. The van der Waals surface area contributed by atoms with E-state index in [0.29, 0.717) is 22.6 Å². The number of hydrogen-bond donors (Lipinski definition) is 1. The van der Waals surface area contributed by atoms with Crippen LogP contribution in [-0.2, 0) is 0 Å². The largest absolute Gasteiger partial charge is 0.455 e. The summed E-state index contributed by atoms with van der Waals surface area (Å²) in [5.74, 6) is 0.257. The second-order valence-electron chi connectivity index (χ2n) is 9.13. The van der Waals surface area contributed by atoms with Crippen LogP contribution in [0.5, 0.6) is 0 Å². The predicted molar refractivity (Wildman–Crippen MR) is 156 cm³/mol. The van der Waals surface area contributed by atoms with E-state index in [1.165, 1.54) is 18.3 Å². The van der Waals surface area contributed by atoms with E-state index in [0.717, 1.165) is 28.2 Å². The van der Waals surface area contributed by atoms with Gasteiger partial charge in [0.15, 0.2) is 0 Å². The molecule has 0 aliphatic heterocycles. The third-order valence-electron chi connectivity index (χ3n) is 6.50. The lowest BCUT2D eigenvalue weighted by Crippen LogP contribution is -2.17. The highest BCUT2D eigenvalue weighted by atomic mass is 19.1. The topological polar surface area (TPSA) is 59.5 Å². The van der Waals surface area contributed by atoms with Crippen molar-refractivity contribution in [2.45, 2.75) is 0 Å². The fraction of sp³-hybridized carbons (Fsp3) is 0. The van der Waals surface area contributed by atoms with Gasteiger partial charge in [-0.05, 0) is 71.8 Å². The molecule has 0 unspecified atom stereocenters. The number of hydrazone groups is 1. The highest BCUT2D eigenvalue weighted by molar-refractivity contribution is 5.95. The maximum atomic E-state index is 13.5. The number of nitrogens with zero attached hydrogens (tertiary/aromatic N) is 2. The van der Waals surface area contributed by atoms with Crippen molar-refractivity contribution >= 4 is 12.1 Å². The van der Waals surface area contributed by atoms with Crippen LogP contribution in [0, 0.1) is 5.82 Å². The Morgan fingerprint density at radius 1 is 0.700 bits per heavy atom. The van der Waals surface area contributed by atoms with Crippen molar-refractivity contribution in [3.8, 4) is 39.5 Å². The summed E-state index contributed by atoms with van der Waals surface area (Å²) in [7, 11) is 0. The molecule has 0 saturated heterocycles. The van der Waals surface area contributed by atoms with Gasteiger partial charge in [-0.15, -0.1) is 0 Å². The molecular formula is C34H24FN3O2. The number of amides is 1. The van der Waals surface area contributed by atoms with E-state index in [9.17, 15) is 9.18 Å². The van der Waals surface area contributed by atoms with Crippen molar-refractivity contribution < 1.29 is 13.6 Å². The van der Waals surface area contributed by atoms with Crippen LogP contribution < -0.4 is 5.43 Å². The maximum Gasteiger partial charge on any atom is 0.271 e. The van der Waals surface area contributed by atoms with Crippen molar-refractivity contribution in [3.63, 3.8) is 0 Å². The van der Waals surface area contributed by atoms with Crippen LogP contribution in [0.3, 0.4) is 0 Å². The number of carbonyl (C=O) groups is 1. The maximum absolute atomic E-state index is 13.5. The first-order chi connectivity index (χ1) is 19.7. The smallest absolute Gasteiger partial charge is 0.271 e. The molecule has 1 amide bonds. The highest BCUT2D eigenvalue weighted by Crippen LogP contribution is 2.32. The lowest BCUT2D eigenvalue weighted by atomic mass is 10.1. The van der Waals surface area contributed by atoms with E-state index >= 15 is 0 Å². The standard InChI is InChI=1S/C34H24FN3O2/c35-28-13-7-12-27(22-28)33-21-18-30(40-33)23-36-37-34(39)26-14-16-29(17-15-26)38-31(24-8-3-1-4-9-24)19-20-32(38)25-10-5-2-6-11-25/h1-23H,(H,37,39)/b36-23-. The van der Waals surface area contributed by atoms with Gasteiger partial charge >= 0.3 is 0 Å². The molecule has 1 N–H and O–H groups in total. The van der Waals surface area contributed by atoms with Gasteiger partial charge in [0.2, 0.25) is 0 Å². The molecule has 2 heterocycles. The molecule has 0 spiro atoms. The van der Waals surface area contributed by atoms with Crippen LogP contribution in [-0.4, -0.2) is 16.7 Å². The molecule has 2 aromatic heterocycles. The van der Waals surface area contributed by atoms with Crippen LogP contribution in [0.25, 0.3) is 39.5 Å². The van der Waals surface area contributed by atoms with Crippen LogP contribution in [0.15, 0.2) is 143 Å². The van der Waals surface area contributed by atoms with Gasteiger partial charge in [-0.3, -0.25) is 4.79 Å². The Morgan fingerprint density at radius 2 is 1.32 bits per heavy atom. The van der Waals surface area contributed by atoms with Crippen molar-refractivity contribution in [1.82, 2.24) is 9.99 Å². The van der Waals surface area contributed by atoms with E-state index in [4.69, 9.17) is 4.42 Å². The number of carbonyl (C=O) groups excluding carboxylic acids is 1. The zero-order valence-electron chi connectivity index (χ0n) is 21.4. The summed E-state index contributed by atoms with van der Waals surface area (Å²) >= 11 is 0. The van der Waals surface area contributed by atoms with Crippen molar-refractivity contribution in [2.24, 2.45) is 5.10 Å². The van der Waals surface area contributed by atoms with Gasteiger partial charge in [-0.25, -0.2) is 9.82 Å². The van der Waals surface area contributed by atoms with Gasteiger partial charge in [0.25, 0.3) is 5.91 Å². The summed E-state index contributed by atoms with van der Waals surface area (Å²) in [5, 5.41) is 4.02. The lowest BCUT2D eigenvalue weighted by molar-refractivity contribution is 0.0955. The Labute approximate surface area is 230 Å². The van der Waals surface area contributed by atoms with Gasteiger partial charge in [0.05, 0.1) is 17.6 Å². The van der Waals surface area contributed by atoms with E-state index in [1.807, 2.05) is 48.5 Å². The van der Waals surface area contributed by atoms with Crippen LogP contribution in [0.1, 0.15) is 16.1 Å². The summed E-state index contributed by atoms with van der Waals surface area (Å²) in [4.78, 5) is 12.8. The molecule has 194 valence electrons. The monoisotopic (exact) mass is 525 g/mol. The van der Waals surface area contributed by atoms with Crippen molar-refractivity contribution in [3.05, 3.63) is 151 Å². The Hall–Kier alpha value is -5.49. The number of rotatable bonds is 7. The van der Waals surface area contributed by atoms with Crippen LogP contribution in [0.4, 0.5) is 4.39 Å². The highest BCUT2D eigenvalue weighted by Gasteiger charge is 2.14. The molecule has 6 heteroatoms. The van der Waals surface area contributed by atoms with Gasteiger partial charge in [0, 0.05) is 16.8 Å². The van der Waals surface area contributed by atoms with Crippen LogP contribution in [0.2, 0.25) is 0 Å². The van der Waals surface area contributed by atoms with E-state index in [-0.39, 0.29) is 11.7 Å². The SMILES string of the molecule is O=C(N/N=C\c1ccc(-c2cccc(F)c2)o1)c1ccc(-n2c(-c3ccccc3)ccc2-c2ccccc2)cc1. The summed E-state index contributed by atoms with van der Waals surface area (Å²) in [5.41, 5.74) is 8.86. The number of aromatic nitrogens is 1. The molecule has 0 aliphatic carbocycles. The Kier molecular flexibility index (Phi) is 6.88. The number of halogens is 1. The van der Waals surface area contributed by atoms with Gasteiger partial charge in [0.1, 0.15) is 17.3 Å². The summed E-state index contributed by atoms with van der Waals surface area (Å²) in [6, 6.07) is 41.6. The molecule has 0 atom stereocenters. The van der Waals surface area contributed by atoms with Crippen LogP contribution >= 0.6 is 0 Å². The Balaban J connectivity index is 1.21. The minimum atomic E-state index is -0.348. The average molecular weight is 526 g/mol. The quantitative estimate of drug-likeness (QED) is 0.170. The van der Waals surface area contributed by atoms with Crippen molar-refractivity contribution in [2.75, 3.05) is 0 Å². The van der Waals surface area contributed by atoms with Gasteiger partial charge < -0.3 is 8.98 Å². The second kappa shape index (κ2) is 11.1. The minimum Gasteiger partial charge on any atom is -0.455 e. The third kappa shape index (κ3) is 5.24. The van der Waals surface area contributed by atoms with Gasteiger partial charge in [-0.2, -0.15) is 5.10 Å². The van der Waals surface area contributed by atoms with E-state index in [2.05, 4.69) is 51.5 Å². The fourth-order valence-electron chi connectivity index (χ4n) is 4.58. The summed E-state index contributed by atoms with van der Waals surface area (Å²) in [6.07, 6.45) is 1.41. The van der Waals surface area contributed by atoms with Gasteiger partial charge in [-0.1, -0.05) is 72.8 Å². The van der Waals surface area contributed by atoms with E-state index < -0.39 is 0 Å². The first-order valence-corrected chi connectivity index (χ1v) is 12.8. The molecule has 0 aliphatic rings. The third-order valence-corrected chi connectivity index (χ3v) is 6.50. The Bertz CT molecular complexity index is 1730. The predicted octanol–water partition coefficient (Wildman–Crippen LogP) is 7.97. The zero-order valence-corrected chi connectivity index (χ0v) is 21.4. The molecule has 0 fully saturated rings. The molecule has 0 saturated carbocycles. The average Bonchev–Trinajstić information content (AvgIpc) is 3.66. The zero-order chi connectivity index (χ0) is 27.3. The fourth-order valence-corrected chi connectivity index (χ4v) is 4.58.